The Bertz CT molecular complexity index is 820. The fourth-order valence-corrected chi connectivity index (χ4v) is 2.87. The topological polar surface area (TPSA) is 54.3 Å². The Morgan fingerprint density at radius 1 is 0.958 bits per heavy atom. The van der Waals surface area contributed by atoms with Crippen LogP contribution >= 0.6 is 0 Å². The van der Waals surface area contributed by atoms with Gasteiger partial charge in [-0.05, 0) is 44.0 Å². The van der Waals surface area contributed by atoms with Crippen LogP contribution in [0.5, 0.6) is 0 Å². The molecule has 3 aromatic rings. The molecule has 0 saturated carbocycles. The second kappa shape index (κ2) is 6.79. The third-order valence-corrected chi connectivity index (χ3v) is 4.22. The van der Waals surface area contributed by atoms with Crippen LogP contribution in [0.25, 0.3) is 11.0 Å². The van der Waals surface area contributed by atoms with E-state index >= 15 is 0 Å². The van der Waals surface area contributed by atoms with Crippen molar-refractivity contribution >= 4 is 17.0 Å². The Kier molecular flexibility index (Phi) is 4.56. The number of nitrogens with one attached hydrogen (secondary N) is 2. The summed E-state index contributed by atoms with van der Waals surface area (Å²) < 4.78 is 5.80. The van der Waals surface area contributed by atoms with E-state index < -0.39 is 0 Å². The standard InChI is InChI=1S/C20H22N2O2/c1-13-8-4-6-10-17(13)14(2)21-20(23)22-15(3)19-12-16-9-5-7-11-18(16)24-19/h4-12,14-15H,1-3H3,(H2,21,22,23)/t14-,15+/m0/s1. The molecule has 0 aliphatic carbocycles. The number of para-hydroxylation sites is 1. The number of amides is 2. The number of hydrogen-bond donors (Lipinski definition) is 2. The molecule has 2 atom stereocenters. The van der Waals surface area contributed by atoms with E-state index in [2.05, 4.69) is 10.6 Å². The van der Waals surface area contributed by atoms with Crippen LogP contribution in [0.3, 0.4) is 0 Å². The van der Waals surface area contributed by atoms with Gasteiger partial charge in [0, 0.05) is 5.39 Å². The number of furan rings is 1. The van der Waals surface area contributed by atoms with Crippen molar-refractivity contribution < 1.29 is 9.21 Å². The molecule has 0 unspecified atom stereocenters. The molecule has 0 saturated heterocycles. The number of rotatable bonds is 4. The molecule has 2 amide bonds. The Morgan fingerprint density at radius 3 is 2.38 bits per heavy atom. The zero-order chi connectivity index (χ0) is 17.1. The Morgan fingerprint density at radius 2 is 1.62 bits per heavy atom. The van der Waals surface area contributed by atoms with Crippen molar-refractivity contribution in [2.24, 2.45) is 0 Å². The Labute approximate surface area is 141 Å². The van der Waals surface area contributed by atoms with Gasteiger partial charge in [-0.1, -0.05) is 42.5 Å². The smallest absolute Gasteiger partial charge is 0.315 e. The van der Waals surface area contributed by atoms with Crippen LogP contribution in [0.15, 0.2) is 59.0 Å². The van der Waals surface area contributed by atoms with E-state index in [0.717, 1.165) is 27.9 Å². The molecular weight excluding hydrogens is 300 g/mol. The molecular formula is C20H22N2O2. The second-order valence-electron chi connectivity index (χ2n) is 6.10. The molecule has 2 aromatic carbocycles. The molecule has 0 aliphatic heterocycles. The summed E-state index contributed by atoms with van der Waals surface area (Å²) in [5.41, 5.74) is 3.11. The molecule has 24 heavy (non-hydrogen) atoms. The van der Waals surface area contributed by atoms with Crippen LogP contribution in [-0.4, -0.2) is 6.03 Å². The predicted molar refractivity (Wildman–Crippen MR) is 95.9 cm³/mol. The number of benzene rings is 2. The first-order valence-electron chi connectivity index (χ1n) is 8.15. The van der Waals surface area contributed by atoms with Crippen molar-refractivity contribution in [2.75, 3.05) is 0 Å². The van der Waals surface area contributed by atoms with Gasteiger partial charge in [-0.2, -0.15) is 0 Å². The summed E-state index contributed by atoms with van der Waals surface area (Å²) >= 11 is 0. The lowest BCUT2D eigenvalue weighted by atomic mass is 10.0. The van der Waals surface area contributed by atoms with Crippen LogP contribution < -0.4 is 10.6 Å². The highest BCUT2D eigenvalue weighted by Crippen LogP contribution is 2.23. The zero-order valence-electron chi connectivity index (χ0n) is 14.2. The molecule has 4 nitrogen and oxygen atoms in total. The number of urea groups is 1. The largest absolute Gasteiger partial charge is 0.459 e. The fourth-order valence-electron chi connectivity index (χ4n) is 2.87. The first-order chi connectivity index (χ1) is 11.5. The van der Waals surface area contributed by atoms with Crippen molar-refractivity contribution in [3.8, 4) is 0 Å². The molecule has 0 aliphatic rings. The third kappa shape index (κ3) is 3.43. The van der Waals surface area contributed by atoms with Crippen LogP contribution in [0.4, 0.5) is 4.79 Å². The molecule has 1 aromatic heterocycles. The first-order valence-corrected chi connectivity index (χ1v) is 8.15. The first kappa shape index (κ1) is 16.1. The lowest BCUT2D eigenvalue weighted by Crippen LogP contribution is -2.38. The van der Waals surface area contributed by atoms with Crippen LogP contribution in [0.1, 0.15) is 42.8 Å². The molecule has 0 bridgehead atoms. The summed E-state index contributed by atoms with van der Waals surface area (Å²) in [5.74, 6) is 0.745. The highest BCUT2D eigenvalue weighted by atomic mass is 16.3. The SMILES string of the molecule is Cc1ccccc1[C@H](C)NC(=O)N[C@H](C)c1cc2ccccc2o1. The van der Waals surface area contributed by atoms with Crippen molar-refractivity contribution in [1.82, 2.24) is 10.6 Å². The number of hydrogen-bond acceptors (Lipinski definition) is 2. The quantitative estimate of drug-likeness (QED) is 0.720. The van der Waals surface area contributed by atoms with Crippen molar-refractivity contribution in [1.29, 1.82) is 0 Å². The van der Waals surface area contributed by atoms with Gasteiger partial charge in [0.15, 0.2) is 0 Å². The minimum atomic E-state index is -0.210. The summed E-state index contributed by atoms with van der Waals surface area (Å²) in [6, 6.07) is 17.4. The van der Waals surface area contributed by atoms with E-state index in [-0.39, 0.29) is 18.1 Å². The maximum absolute atomic E-state index is 12.3. The average molecular weight is 322 g/mol. The number of fused-ring (bicyclic) bond motifs is 1. The summed E-state index contributed by atoms with van der Waals surface area (Å²) in [5, 5.41) is 6.95. The highest BCUT2D eigenvalue weighted by Gasteiger charge is 2.16. The monoisotopic (exact) mass is 322 g/mol. The van der Waals surface area contributed by atoms with E-state index in [1.165, 1.54) is 0 Å². The second-order valence-corrected chi connectivity index (χ2v) is 6.10. The third-order valence-electron chi connectivity index (χ3n) is 4.22. The van der Waals surface area contributed by atoms with Crippen LogP contribution in [0.2, 0.25) is 0 Å². The normalized spacial score (nSPS) is 13.5. The molecule has 3 rings (SSSR count). The zero-order valence-corrected chi connectivity index (χ0v) is 14.2. The number of carbonyl (C=O) groups is 1. The van der Waals surface area contributed by atoms with Gasteiger partial charge in [-0.15, -0.1) is 0 Å². The van der Waals surface area contributed by atoms with Gasteiger partial charge in [-0.25, -0.2) is 4.79 Å². The molecule has 4 heteroatoms. The summed E-state index contributed by atoms with van der Waals surface area (Å²) in [6.07, 6.45) is 0. The van der Waals surface area contributed by atoms with Crippen molar-refractivity contribution in [3.05, 3.63) is 71.5 Å². The predicted octanol–water partition coefficient (Wildman–Crippen LogP) is 4.86. The molecule has 124 valence electrons. The number of aryl methyl sites for hydroxylation is 1. The van der Waals surface area contributed by atoms with Crippen molar-refractivity contribution in [3.63, 3.8) is 0 Å². The summed E-state index contributed by atoms with van der Waals surface area (Å²) in [7, 11) is 0. The minimum Gasteiger partial charge on any atom is -0.459 e. The van der Waals surface area contributed by atoms with E-state index in [1.807, 2.05) is 75.4 Å². The van der Waals surface area contributed by atoms with Crippen molar-refractivity contribution in [2.45, 2.75) is 32.9 Å². The molecule has 1 heterocycles. The fraction of sp³-hybridized carbons (Fsp3) is 0.250. The van der Waals surface area contributed by atoms with E-state index in [4.69, 9.17) is 4.42 Å². The lowest BCUT2D eigenvalue weighted by molar-refractivity contribution is 0.233. The maximum Gasteiger partial charge on any atom is 0.315 e. The van der Waals surface area contributed by atoms with Crippen LogP contribution in [-0.2, 0) is 0 Å². The van der Waals surface area contributed by atoms with Gasteiger partial charge < -0.3 is 15.1 Å². The Balaban J connectivity index is 1.64. The minimum absolute atomic E-state index is 0.0610. The molecule has 2 N–H and O–H groups in total. The Hall–Kier alpha value is -2.75. The highest BCUT2D eigenvalue weighted by molar-refractivity contribution is 5.78. The van der Waals surface area contributed by atoms with Crippen LogP contribution in [0, 0.1) is 6.92 Å². The lowest BCUT2D eigenvalue weighted by Gasteiger charge is -2.19. The molecule has 0 radical (unpaired) electrons. The van der Waals surface area contributed by atoms with Gasteiger partial charge in [0.25, 0.3) is 0 Å². The van der Waals surface area contributed by atoms with E-state index in [0.29, 0.717) is 0 Å². The molecule has 0 spiro atoms. The van der Waals surface area contributed by atoms with Gasteiger partial charge >= 0.3 is 6.03 Å². The van der Waals surface area contributed by atoms with E-state index in [9.17, 15) is 4.79 Å². The molecule has 0 fully saturated rings. The average Bonchev–Trinajstić information content (AvgIpc) is 2.99. The number of carbonyl (C=O) groups excluding carboxylic acids is 1. The van der Waals surface area contributed by atoms with Gasteiger partial charge in [0.05, 0.1) is 12.1 Å². The summed E-state index contributed by atoms with van der Waals surface area (Å²) in [6.45, 7) is 5.94. The van der Waals surface area contributed by atoms with Gasteiger partial charge in [0.2, 0.25) is 0 Å². The summed E-state index contributed by atoms with van der Waals surface area (Å²) in [4.78, 5) is 12.3. The maximum atomic E-state index is 12.3. The van der Waals surface area contributed by atoms with E-state index in [1.54, 1.807) is 0 Å². The van der Waals surface area contributed by atoms with Gasteiger partial charge in [0.1, 0.15) is 11.3 Å². The van der Waals surface area contributed by atoms with Gasteiger partial charge in [-0.3, -0.25) is 0 Å².